The average Bonchev–Trinajstić information content (AvgIpc) is 3.28. The molecule has 1 aromatic carbocycles. The molecular formula is C19H21N2O3S+. The van der Waals surface area contributed by atoms with Crippen LogP contribution >= 0.6 is 11.3 Å². The summed E-state index contributed by atoms with van der Waals surface area (Å²) in [5, 5.41) is 1.20. The number of piperidine rings is 1. The van der Waals surface area contributed by atoms with Gasteiger partial charge in [-0.1, -0.05) is 12.1 Å². The standard InChI is InChI=1S/C19H20N2O3S/c1-23-19(22)16-10-9-13(24-16)12-21-11-5-4-7-15(21)18-20-14-6-2-3-8-17(14)25-18/h2-3,6,8-10,15H,4-5,7,11-12H2,1H3/p+1/t15-/m0/s1. The Labute approximate surface area is 150 Å². The zero-order chi connectivity index (χ0) is 17.2. The van der Waals surface area contributed by atoms with Gasteiger partial charge in [-0.25, -0.2) is 9.78 Å². The number of likely N-dealkylation sites (tertiary alicyclic amines) is 1. The Morgan fingerprint density at radius 1 is 1.32 bits per heavy atom. The molecule has 3 heterocycles. The molecule has 1 saturated heterocycles. The molecule has 0 aliphatic carbocycles. The summed E-state index contributed by atoms with van der Waals surface area (Å²) in [6.07, 6.45) is 3.58. The number of nitrogens with one attached hydrogen (secondary N) is 1. The van der Waals surface area contributed by atoms with Gasteiger partial charge in [0.1, 0.15) is 12.6 Å². The van der Waals surface area contributed by atoms with E-state index in [-0.39, 0.29) is 5.76 Å². The van der Waals surface area contributed by atoms with Gasteiger partial charge >= 0.3 is 5.97 Å². The fourth-order valence-corrected chi connectivity index (χ4v) is 4.70. The molecule has 2 atom stereocenters. The molecule has 1 aliphatic rings. The maximum Gasteiger partial charge on any atom is 0.373 e. The van der Waals surface area contributed by atoms with E-state index in [0.717, 1.165) is 30.8 Å². The topological polar surface area (TPSA) is 56.8 Å². The van der Waals surface area contributed by atoms with E-state index < -0.39 is 5.97 Å². The Bertz CT molecular complexity index is 853. The molecule has 0 amide bonds. The lowest BCUT2D eigenvalue weighted by Gasteiger charge is -2.30. The van der Waals surface area contributed by atoms with E-state index in [1.54, 1.807) is 17.4 Å². The number of esters is 1. The number of methoxy groups -OCH3 is 1. The van der Waals surface area contributed by atoms with E-state index >= 15 is 0 Å². The Kier molecular flexibility index (Phi) is 4.55. The smallest absolute Gasteiger partial charge is 0.373 e. The fraction of sp³-hybridized carbons (Fsp3) is 0.368. The third kappa shape index (κ3) is 3.32. The summed E-state index contributed by atoms with van der Waals surface area (Å²) in [5.41, 5.74) is 1.08. The number of aromatic nitrogens is 1. The Morgan fingerprint density at radius 3 is 3.04 bits per heavy atom. The molecule has 5 nitrogen and oxygen atoms in total. The number of carbonyl (C=O) groups is 1. The Balaban J connectivity index is 1.56. The normalized spacial score (nSPS) is 20.7. The molecule has 4 rings (SSSR count). The van der Waals surface area contributed by atoms with Gasteiger partial charge in [0, 0.05) is 6.42 Å². The Hall–Kier alpha value is -2.18. The number of nitrogens with zero attached hydrogens (tertiary/aromatic N) is 1. The van der Waals surface area contributed by atoms with Gasteiger partial charge in [0.05, 0.1) is 23.9 Å². The number of benzene rings is 1. The maximum atomic E-state index is 11.6. The van der Waals surface area contributed by atoms with Crippen LogP contribution in [0.5, 0.6) is 0 Å². The number of hydrogen-bond donors (Lipinski definition) is 1. The van der Waals surface area contributed by atoms with Crippen LogP contribution < -0.4 is 4.90 Å². The van der Waals surface area contributed by atoms with Crippen LogP contribution in [0.3, 0.4) is 0 Å². The lowest BCUT2D eigenvalue weighted by molar-refractivity contribution is -0.951. The summed E-state index contributed by atoms with van der Waals surface area (Å²) in [6.45, 7) is 1.85. The number of para-hydroxylation sites is 1. The van der Waals surface area contributed by atoms with Crippen molar-refractivity contribution in [1.29, 1.82) is 0 Å². The highest BCUT2D eigenvalue weighted by atomic mass is 32.1. The highest BCUT2D eigenvalue weighted by Gasteiger charge is 2.31. The number of furan rings is 1. The van der Waals surface area contributed by atoms with E-state index in [1.165, 1.54) is 34.6 Å². The molecule has 0 radical (unpaired) electrons. The summed E-state index contributed by atoms with van der Waals surface area (Å²) in [7, 11) is 1.36. The zero-order valence-corrected chi connectivity index (χ0v) is 15.0. The second-order valence-electron chi connectivity index (χ2n) is 6.41. The van der Waals surface area contributed by atoms with Crippen LogP contribution in [0.1, 0.15) is 46.6 Å². The van der Waals surface area contributed by atoms with Gasteiger partial charge in [-0.15, -0.1) is 11.3 Å². The van der Waals surface area contributed by atoms with Gasteiger partial charge < -0.3 is 14.1 Å². The highest BCUT2D eigenvalue weighted by Crippen LogP contribution is 2.28. The molecule has 6 heteroatoms. The SMILES string of the molecule is COC(=O)c1ccc(C[NH+]2CCCC[C@H]2c2nc3ccccc3s2)o1. The van der Waals surface area contributed by atoms with Crippen molar-refractivity contribution in [3.8, 4) is 0 Å². The highest BCUT2D eigenvalue weighted by molar-refractivity contribution is 7.18. The van der Waals surface area contributed by atoms with Crippen LogP contribution in [0.2, 0.25) is 0 Å². The number of rotatable bonds is 4. The van der Waals surface area contributed by atoms with Crippen LogP contribution in [0.25, 0.3) is 10.2 Å². The van der Waals surface area contributed by atoms with Crippen molar-refractivity contribution in [3.63, 3.8) is 0 Å². The van der Waals surface area contributed by atoms with Gasteiger partial charge in [-0.05, 0) is 37.1 Å². The summed E-state index contributed by atoms with van der Waals surface area (Å²) < 4.78 is 11.6. The van der Waals surface area contributed by atoms with E-state index in [2.05, 4.69) is 18.2 Å². The molecule has 1 aliphatic heterocycles. The Morgan fingerprint density at radius 2 is 2.20 bits per heavy atom. The maximum absolute atomic E-state index is 11.6. The van der Waals surface area contributed by atoms with E-state index in [0.29, 0.717) is 6.04 Å². The fourth-order valence-electron chi connectivity index (χ4n) is 3.53. The molecule has 25 heavy (non-hydrogen) atoms. The van der Waals surface area contributed by atoms with Crippen molar-refractivity contribution in [1.82, 2.24) is 4.98 Å². The molecule has 1 N–H and O–H groups in total. The summed E-state index contributed by atoms with van der Waals surface area (Å²) in [5.74, 6) is 0.663. The van der Waals surface area contributed by atoms with Crippen LogP contribution in [0.15, 0.2) is 40.8 Å². The molecule has 2 aromatic heterocycles. The summed E-state index contributed by atoms with van der Waals surface area (Å²) >= 11 is 1.80. The quantitative estimate of drug-likeness (QED) is 0.730. The van der Waals surface area contributed by atoms with Crippen molar-refractivity contribution >= 4 is 27.5 Å². The lowest BCUT2D eigenvalue weighted by Crippen LogP contribution is -3.11. The average molecular weight is 357 g/mol. The molecule has 130 valence electrons. The van der Waals surface area contributed by atoms with E-state index in [4.69, 9.17) is 14.1 Å². The second-order valence-corrected chi connectivity index (χ2v) is 7.47. The van der Waals surface area contributed by atoms with Gasteiger partial charge in [-0.3, -0.25) is 0 Å². The molecule has 3 aromatic rings. The summed E-state index contributed by atoms with van der Waals surface area (Å²) in [6, 6.07) is 12.3. The van der Waals surface area contributed by atoms with Gasteiger partial charge in [0.15, 0.2) is 10.8 Å². The monoisotopic (exact) mass is 357 g/mol. The third-order valence-electron chi connectivity index (χ3n) is 4.79. The van der Waals surface area contributed by atoms with Gasteiger partial charge in [0.2, 0.25) is 5.76 Å². The van der Waals surface area contributed by atoms with Crippen LogP contribution in [0, 0.1) is 0 Å². The van der Waals surface area contributed by atoms with Crippen molar-refractivity contribution in [2.75, 3.05) is 13.7 Å². The molecule has 0 spiro atoms. The van der Waals surface area contributed by atoms with Gasteiger partial charge in [-0.2, -0.15) is 0 Å². The first kappa shape index (κ1) is 16.3. The zero-order valence-electron chi connectivity index (χ0n) is 14.2. The number of hydrogen-bond acceptors (Lipinski definition) is 5. The molecule has 1 fully saturated rings. The van der Waals surface area contributed by atoms with Crippen molar-refractivity contribution < 1.29 is 18.8 Å². The molecular weight excluding hydrogens is 336 g/mol. The minimum Gasteiger partial charge on any atom is -0.463 e. The number of carbonyl (C=O) groups excluding carboxylic acids is 1. The lowest BCUT2D eigenvalue weighted by atomic mass is 10.0. The summed E-state index contributed by atoms with van der Waals surface area (Å²) in [4.78, 5) is 17.9. The minimum absolute atomic E-state index is 0.269. The number of ether oxygens (including phenoxy) is 1. The van der Waals surface area contributed by atoms with E-state index in [9.17, 15) is 4.79 Å². The van der Waals surface area contributed by atoms with Crippen LogP contribution in [-0.2, 0) is 11.3 Å². The number of thiazole rings is 1. The predicted molar refractivity (Wildman–Crippen MR) is 95.8 cm³/mol. The van der Waals surface area contributed by atoms with Gasteiger partial charge in [0.25, 0.3) is 0 Å². The first-order valence-corrected chi connectivity index (χ1v) is 9.43. The van der Waals surface area contributed by atoms with Crippen molar-refractivity contribution in [3.05, 3.63) is 52.9 Å². The number of fused-ring (bicyclic) bond motifs is 1. The molecule has 0 saturated carbocycles. The minimum atomic E-state index is -0.428. The molecule has 1 unspecified atom stereocenters. The van der Waals surface area contributed by atoms with Crippen LogP contribution in [0.4, 0.5) is 0 Å². The first-order valence-electron chi connectivity index (χ1n) is 8.61. The van der Waals surface area contributed by atoms with Crippen molar-refractivity contribution in [2.45, 2.75) is 31.8 Å². The third-order valence-corrected chi connectivity index (χ3v) is 5.94. The first-order chi connectivity index (χ1) is 12.2. The second kappa shape index (κ2) is 6.98. The predicted octanol–water partition coefficient (Wildman–Crippen LogP) is 2.99. The van der Waals surface area contributed by atoms with Crippen molar-refractivity contribution in [2.24, 2.45) is 0 Å². The van der Waals surface area contributed by atoms with Crippen LogP contribution in [-0.4, -0.2) is 24.6 Å². The van der Waals surface area contributed by atoms with E-state index in [1.807, 2.05) is 12.1 Å². The largest absolute Gasteiger partial charge is 0.463 e. The molecule has 0 bridgehead atoms. The number of quaternary nitrogens is 1.